The molecule has 0 amide bonds. The van der Waals surface area contributed by atoms with Crippen molar-refractivity contribution in [3.8, 4) is 0 Å². The van der Waals surface area contributed by atoms with Gasteiger partial charge in [-0.2, -0.15) is 0 Å². The van der Waals surface area contributed by atoms with Gasteiger partial charge in [0.05, 0.1) is 0 Å². The van der Waals surface area contributed by atoms with E-state index in [9.17, 15) is 0 Å². The molecule has 1 saturated heterocycles. The van der Waals surface area contributed by atoms with E-state index < -0.39 is 0 Å². The third-order valence-electron chi connectivity index (χ3n) is 3.63. The summed E-state index contributed by atoms with van der Waals surface area (Å²) in [4.78, 5) is 7.15. The fourth-order valence-electron chi connectivity index (χ4n) is 2.40. The second-order valence-corrected chi connectivity index (χ2v) is 5.79. The maximum Gasteiger partial charge on any atom is 0.128 e. The van der Waals surface area contributed by atoms with Crippen LogP contribution in [0.3, 0.4) is 0 Å². The Morgan fingerprint density at radius 2 is 2.22 bits per heavy atom. The molecule has 3 nitrogen and oxygen atoms in total. The zero-order valence-electron chi connectivity index (χ0n) is 12.0. The van der Waals surface area contributed by atoms with Crippen LogP contribution >= 0.6 is 0 Å². The number of nitrogens with one attached hydrogen (secondary N) is 1. The zero-order chi connectivity index (χ0) is 13.1. The normalized spacial score (nSPS) is 19.8. The minimum Gasteiger partial charge on any atom is -0.356 e. The fourth-order valence-corrected chi connectivity index (χ4v) is 2.40. The van der Waals surface area contributed by atoms with Crippen LogP contribution in [0.5, 0.6) is 0 Å². The maximum absolute atomic E-state index is 4.75. The summed E-state index contributed by atoms with van der Waals surface area (Å²) in [7, 11) is 0. The van der Waals surface area contributed by atoms with Crippen LogP contribution in [-0.4, -0.2) is 24.1 Å². The highest BCUT2D eigenvalue weighted by Gasteiger charge is 2.20. The molecular weight excluding hydrogens is 222 g/mol. The van der Waals surface area contributed by atoms with Crippen molar-refractivity contribution in [2.24, 2.45) is 5.92 Å². The molecule has 1 aromatic heterocycles. The van der Waals surface area contributed by atoms with E-state index >= 15 is 0 Å². The summed E-state index contributed by atoms with van der Waals surface area (Å²) in [5.41, 5.74) is 2.46. The lowest BCUT2D eigenvalue weighted by atomic mass is 10.2. The standard InChI is InChI=1S/C15H25N3/c1-11(2)16-9-14-5-6-15(17-13(14)4)18-8-7-12(3)10-18/h5-6,11-12,16H,7-10H2,1-4H3. The van der Waals surface area contributed by atoms with Gasteiger partial charge in [0.1, 0.15) is 5.82 Å². The van der Waals surface area contributed by atoms with Crippen LogP contribution in [-0.2, 0) is 6.54 Å². The van der Waals surface area contributed by atoms with E-state index in [1.54, 1.807) is 0 Å². The lowest BCUT2D eigenvalue weighted by Crippen LogP contribution is -2.23. The number of aryl methyl sites for hydroxylation is 1. The van der Waals surface area contributed by atoms with Gasteiger partial charge < -0.3 is 10.2 Å². The van der Waals surface area contributed by atoms with Crippen molar-refractivity contribution in [2.45, 2.75) is 46.7 Å². The van der Waals surface area contributed by atoms with Crippen molar-refractivity contribution in [3.63, 3.8) is 0 Å². The largest absolute Gasteiger partial charge is 0.356 e. The van der Waals surface area contributed by atoms with Crippen molar-refractivity contribution < 1.29 is 0 Å². The molecule has 1 aromatic rings. The second-order valence-electron chi connectivity index (χ2n) is 5.79. The summed E-state index contributed by atoms with van der Waals surface area (Å²) < 4.78 is 0. The van der Waals surface area contributed by atoms with E-state index in [2.05, 4.69) is 50.0 Å². The third-order valence-corrected chi connectivity index (χ3v) is 3.63. The molecule has 1 unspecified atom stereocenters. The molecule has 0 radical (unpaired) electrons. The Morgan fingerprint density at radius 1 is 1.44 bits per heavy atom. The Hall–Kier alpha value is -1.09. The Bertz CT molecular complexity index is 401. The number of nitrogens with zero attached hydrogens (tertiary/aromatic N) is 2. The predicted octanol–water partition coefficient (Wildman–Crippen LogP) is 2.73. The molecule has 100 valence electrons. The second kappa shape index (κ2) is 5.70. The number of rotatable bonds is 4. The van der Waals surface area contributed by atoms with E-state index in [-0.39, 0.29) is 0 Å². The SMILES string of the molecule is Cc1nc(N2CCC(C)C2)ccc1CNC(C)C. The molecule has 1 atom stereocenters. The van der Waals surface area contributed by atoms with Crippen molar-refractivity contribution in [1.82, 2.24) is 10.3 Å². The van der Waals surface area contributed by atoms with E-state index in [4.69, 9.17) is 4.98 Å². The minimum absolute atomic E-state index is 0.517. The van der Waals surface area contributed by atoms with E-state index in [0.717, 1.165) is 37.1 Å². The van der Waals surface area contributed by atoms with E-state index in [0.29, 0.717) is 6.04 Å². The van der Waals surface area contributed by atoms with Crippen LogP contribution in [0, 0.1) is 12.8 Å². The first-order chi connectivity index (χ1) is 8.56. The molecule has 2 heterocycles. The molecule has 0 saturated carbocycles. The molecular formula is C15H25N3. The van der Waals surface area contributed by atoms with Crippen LogP contribution in [0.2, 0.25) is 0 Å². The Morgan fingerprint density at radius 3 is 2.78 bits per heavy atom. The van der Waals surface area contributed by atoms with E-state index in [1.165, 1.54) is 12.0 Å². The van der Waals surface area contributed by atoms with Gasteiger partial charge in [-0.05, 0) is 30.9 Å². The first kappa shape index (κ1) is 13.3. The molecule has 0 bridgehead atoms. The highest BCUT2D eigenvalue weighted by molar-refractivity contribution is 5.42. The Kier molecular flexibility index (Phi) is 4.23. The van der Waals surface area contributed by atoms with Crippen molar-refractivity contribution in [3.05, 3.63) is 23.4 Å². The Balaban J connectivity index is 2.05. The Labute approximate surface area is 111 Å². The third kappa shape index (κ3) is 3.22. The van der Waals surface area contributed by atoms with Crippen molar-refractivity contribution >= 4 is 5.82 Å². The predicted molar refractivity (Wildman–Crippen MR) is 76.9 cm³/mol. The highest BCUT2D eigenvalue weighted by Crippen LogP contribution is 2.22. The van der Waals surface area contributed by atoms with Crippen LogP contribution in [0.25, 0.3) is 0 Å². The molecule has 0 spiro atoms. The maximum atomic E-state index is 4.75. The average molecular weight is 247 g/mol. The number of hydrogen-bond donors (Lipinski definition) is 1. The van der Waals surface area contributed by atoms with Crippen LogP contribution < -0.4 is 10.2 Å². The molecule has 1 aliphatic heterocycles. The zero-order valence-corrected chi connectivity index (χ0v) is 12.0. The smallest absolute Gasteiger partial charge is 0.128 e. The molecule has 0 aromatic carbocycles. The van der Waals surface area contributed by atoms with Gasteiger partial charge in [0.15, 0.2) is 0 Å². The van der Waals surface area contributed by atoms with Gasteiger partial charge in [0.25, 0.3) is 0 Å². The molecule has 0 aliphatic carbocycles. The first-order valence-electron chi connectivity index (χ1n) is 7.01. The molecule has 1 N–H and O–H groups in total. The quantitative estimate of drug-likeness (QED) is 0.886. The highest BCUT2D eigenvalue weighted by atomic mass is 15.2. The molecule has 2 rings (SSSR count). The monoisotopic (exact) mass is 247 g/mol. The molecule has 18 heavy (non-hydrogen) atoms. The molecule has 1 aliphatic rings. The van der Waals surface area contributed by atoms with Gasteiger partial charge in [0.2, 0.25) is 0 Å². The lowest BCUT2D eigenvalue weighted by Gasteiger charge is -2.19. The number of pyridine rings is 1. The summed E-state index contributed by atoms with van der Waals surface area (Å²) in [6.45, 7) is 12.0. The molecule has 3 heteroatoms. The first-order valence-corrected chi connectivity index (χ1v) is 7.01. The van der Waals surface area contributed by atoms with Gasteiger partial charge in [-0.25, -0.2) is 4.98 Å². The van der Waals surface area contributed by atoms with Gasteiger partial charge >= 0.3 is 0 Å². The van der Waals surface area contributed by atoms with Gasteiger partial charge in [-0.15, -0.1) is 0 Å². The number of hydrogen-bond acceptors (Lipinski definition) is 3. The van der Waals surface area contributed by atoms with Crippen LogP contribution in [0.4, 0.5) is 5.82 Å². The number of aromatic nitrogens is 1. The van der Waals surface area contributed by atoms with Gasteiger partial charge in [-0.1, -0.05) is 26.8 Å². The van der Waals surface area contributed by atoms with Gasteiger partial charge in [0, 0.05) is 31.4 Å². The van der Waals surface area contributed by atoms with Crippen molar-refractivity contribution in [2.75, 3.05) is 18.0 Å². The minimum atomic E-state index is 0.517. The summed E-state index contributed by atoms with van der Waals surface area (Å²) >= 11 is 0. The summed E-state index contributed by atoms with van der Waals surface area (Å²) in [5.74, 6) is 1.94. The lowest BCUT2D eigenvalue weighted by molar-refractivity contribution is 0.586. The number of anilines is 1. The van der Waals surface area contributed by atoms with Gasteiger partial charge in [-0.3, -0.25) is 0 Å². The summed E-state index contributed by atoms with van der Waals surface area (Å²) in [6.07, 6.45) is 1.29. The summed E-state index contributed by atoms with van der Waals surface area (Å²) in [6, 6.07) is 4.90. The average Bonchev–Trinajstić information content (AvgIpc) is 2.74. The van der Waals surface area contributed by atoms with Crippen LogP contribution in [0.15, 0.2) is 12.1 Å². The topological polar surface area (TPSA) is 28.2 Å². The van der Waals surface area contributed by atoms with Crippen molar-refractivity contribution in [1.29, 1.82) is 0 Å². The fraction of sp³-hybridized carbons (Fsp3) is 0.667. The molecule has 1 fully saturated rings. The van der Waals surface area contributed by atoms with E-state index in [1.807, 2.05) is 0 Å². The van der Waals surface area contributed by atoms with Crippen LogP contribution in [0.1, 0.15) is 38.4 Å². The summed E-state index contributed by atoms with van der Waals surface area (Å²) in [5, 5.41) is 3.45.